The molecule has 3 aromatic carbocycles. The molecule has 6 rings (SSSR count). The molecule has 2 aliphatic heterocycles. The number of hydrogen-bond donors (Lipinski definition) is 1. The normalized spacial score (nSPS) is 17.9. The van der Waals surface area contributed by atoms with Gasteiger partial charge in [-0.2, -0.15) is 10.1 Å². The lowest BCUT2D eigenvalue weighted by molar-refractivity contribution is -0.137. The summed E-state index contributed by atoms with van der Waals surface area (Å²) in [6, 6.07) is 24.3. The second-order valence-electron chi connectivity index (χ2n) is 9.31. The van der Waals surface area contributed by atoms with Gasteiger partial charge in [-0.3, -0.25) is 4.79 Å². The van der Waals surface area contributed by atoms with Gasteiger partial charge in [0.2, 0.25) is 5.95 Å². The molecule has 0 spiro atoms. The summed E-state index contributed by atoms with van der Waals surface area (Å²) in [6.45, 7) is 0.610. The first-order valence-corrected chi connectivity index (χ1v) is 14.0. The topological polar surface area (TPSA) is 80.5 Å². The van der Waals surface area contributed by atoms with Crippen LogP contribution in [0.4, 0.5) is 5.95 Å². The minimum atomic E-state index is -0.784. The van der Waals surface area contributed by atoms with Gasteiger partial charge >= 0.3 is 5.97 Å². The molecule has 0 amide bonds. The largest absolute Gasteiger partial charge is 0.481 e. The fourth-order valence-corrected chi connectivity index (χ4v) is 5.80. The Balaban J connectivity index is 1.57. The van der Waals surface area contributed by atoms with Crippen LogP contribution in [0.3, 0.4) is 0 Å². The smallest absolute Gasteiger partial charge is 0.303 e. The summed E-state index contributed by atoms with van der Waals surface area (Å²) < 4.78 is 10.7. The van der Waals surface area contributed by atoms with Gasteiger partial charge in [0.25, 0.3) is 0 Å². The number of anilines is 1. The fraction of sp³-hybridized carbons (Fsp3) is 0.207. The van der Waals surface area contributed by atoms with E-state index in [0.29, 0.717) is 19.4 Å². The molecule has 0 bridgehead atoms. The van der Waals surface area contributed by atoms with Crippen molar-refractivity contribution < 1.29 is 14.6 Å². The van der Waals surface area contributed by atoms with Gasteiger partial charge in [-0.1, -0.05) is 68.3 Å². The molecule has 0 aliphatic carbocycles. The van der Waals surface area contributed by atoms with E-state index in [-0.39, 0.29) is 18.6 Å². The maximum atomic E-state index is 11.2. The third-order valence-electron chi connectivity index (χ3n) is 6.93. The predicted octanol–water partition coefficient (Wildman–Crippen LogP) is 7.01. The summed E-state index contributed by atoms with van der Waals surface area (Å²) in [4.78, 5) is 18.1. The molecule has 1 aromatic heterocycles. The Morgan fingerprint density at radius 1 is 0.921 bits per heavy atom. The summed E-state index contributed by atoms with van der Waals surface area (Å²) in [5.41, 5.74) is 5.22. The van der Waals surface area contributed by atoms with E-state index in [1.54, 1.807) is 6.33 Å². The van der Waals surface area contributed by atoms with Crippen molar-refractivity contribution >= 4 is 49.5 Å². The van der Waals surface area contributed by atoms with Crippen LogP contribution in [0.5, 0.6) is 5.75 Å². The third-order valence-corrected chi connectivity index (χ3v) is 7.99. The number of para-hydroxylation sites is 1. The van der Waals surface area contributed by atoms with Gasteiger partial charge in [-0.15, -0.1) is 0 Å². The average Bonchev–Trinajstić information content (AvgIpc) is 3.41. The van der Waals surface area contributed by atoms with E-state index in [1.165, 1.54) is 0 Å². The Bertz CT molecular complexity index is 1520. The molecule has 0 fully saturated rings. The number of unbranched alkanes of at least 4 members (excludes halogenated alkanes) is 1. The predicted molar refractivity (Wildman–Crippen MR) is 152 cm³/mol. The van der Waals surface area contributed by atoms with Crippen molar-refractivity contribution in [3.8, 4) is 5.75 Å². The van der Waals surface area contributed by atoms with Crippen molar-refractivity contribution in [1.29, 1.82) is 0 Å². The maximum absolute atomic E-state index is 11.2. The number of halogens is 2. The number of hydrogen-bond acceptors (Lipinski definition) is 5. The molecule has 2 atom stereocenters. The molecular weight excluding hydrogens is 612 g/mol. The highest BCUT2D eigenvalue weighted by Crippen LogP contribution is 2.52. The standard InChI is InChI=1S/C29H24Br2N4O3/c30-20-12-8-18(9-13-20)26-25-27(34(16-4-3-7-24(36)37)29-32-17-33-35(26)29)22-5-1-2-6-23(22)38-28(25)19-10-14-21(31)15-11-19/h1-2,5-6,8-15,17,26,28H,3-4,7,16H2,(H,36,37)/t26-,28+/m0/s1. The minimum absolute atomic E-state index is 0.134. The number of rotatable bonds is 7. The number of nitrogens with zero attached hydrogens (tertiary/aromatic N) is 4. The van der Waals surface area contributed by atoms with Gasteiger partial charge in [-0.25, -0.2) is 4.68 Å². The molecule has 2 aliphatic rings. The van der Waals surface area contributed by atoms with Gasteiger partial charge < -0.3 is 14.7 Å². The van der Waals surface area contributed by atoms with Crippen LogP contribution in [0.25, 0.3) is 5.70 Å². The van der Waals surface area contributed by atoms with Crippen molar-refractivity contribution in [2.24, 2.45) is 0 Å². The lowest BCUT2D eigenvalue weighted by atomic mass is 9.84. The summed E-state index contributed by atoms with van der Waals surface area (Å²) in [7, 11) is 0. The van der Waals surface area contributed by atoms with Gasteiger partial charge in [0.15, 0.2) is 0 Å². The highest BCUT2D eigenvalue weighted by molar-refractivity contribution is 9.10. The summed E-state index contributed by atoms with van der Waals surface area (Å²) >= 11 is 7.13. The van der Waals surface area contributed by atoms with Crippen LogP contribution in [0.1, 0.15) is 48.1 Å². The molecule has 0 saturated carbocycles. The zero-order valence-electron chi connectivity index (χ0n) is 20.3. The summed E-state index contributed by atoms with van der Waals surface area (Å²) in [5, 5.41) is 13.9. The van der Waals surface area contributed by atoms with E-state index >= 15 is 0 Å². The van der Waals surface area contributed by atoms with Crippen LogP contribution in [-0.4, -0.2) is 32.4 Å². The molecule has 4 aromatic rings. The minimum Gasteiger partial charge on any atom is -0.481 e. The second kappa shape index (κ2) is 10.4. The highest BCUT2D eigenvalue weighted by Gasteiger charge is 2.43. The highest BCUT2D eigenvalue weighted by atomic mass is 79.9. The fourth-order valence-electron chi connectivity index (χ4n) is 5.27. The van der Waals surface area contributed by atoms with Crippen LogP contribution in [-0.2, 0) is 4.79 Å². The monoisotopic (exact) mass is 634 g/mol. The van der Waals surface area contributed by atoms with E-state index in [1.807, 2.05) is 47.1 Å². The molecule has 0 radical (unpaired) electrons. The summed E-state index contributed by atoms with van der Waals surface area (Å²) in [5.74, 6) is 0.754. The Hall–Kier alpha value is -3.43. The molecular formula is C29H24Br2N4O3. The van der Waals surface area contributed by atoms with Crippen molar-refractivity contribution in [2.75, 3.05) is 11.4 Å². The zero-order valence-corrected chi connectivity index (χ0v) is 23.5. The van der Waals surface area contributed by atoms with E-state index in [0.717, 1.165) is 48.6 Å². The van der Waals surface area contributed by atoms with Crippen LogP contribution >= 0.6 is 31.9 Å². The quantitative estimate of drug-likeness (QED) is 0.220. The zero-order chi connectivity index (χ0) is 26.2. The van der Waals surface area contributed by atoms with Crippen LogP contribution in [0.15, 0.2) is 93.6 Å². The lowest BCUT2D eigenvalue weighted by Gasteiger charge is -2.43. The first-order valence-electron chi connectivity index (χ1n) is 12.4. The van der Waals surface area contributed by atoms with Crippen molar-refractivity contribution in [2.45, 2.75) is 31.4 Å². The number of aliphatic carboxylic acids is 1. The van der Waals surface area contributed by atoms with Crippen molar-refractivity contribution in [1.82, 2.24) is 14.8 Å². The van der Waals surface area contributed by atoms with E-state index in [2.05, 4.69) is 72.1 Å². The van der Waals surface area contributed by atoms with E-state index in [9.17, 15) is 9.90 Å². The molecule has 3 heterocycles. The molecule has 1 N–H and O–H groups in total. The number of aromatic nitrogens is 3. The Labute approximate surface area is 237 Å². The Morgan fingerprint density at radius 2 is 1.61 bits per heavy atom. The molecule has 0 unspecified atom stereocenters. The summed E-state index contributed by atoms with van der Waals surface area (Å²) in [6.07, 6.45) is 2.64. The maximum Gasteiger partial charge on any atom is 0.303 e. The van der Waals surface area contributed by atoms with Crippen LogP contribution in [0, 0.1) is 0 Å². The number of benzene rings is 3. The molecule has 7 nitrogen and oxygen atoms in total. The molecule has 9 heteroatoms. The number of ether oxygens (including phenoxy) is 1. The Kier molecular flexibility index (Phi) is 6.80. The molecule has 192 valence electrons. The van der Waals surface area contributed by atoms with Gasteiger partial charge in [0.05, 0.1) is 5.70 Å². The second-order valence-corrected chi connectivity index (χ2v) is 11.1. The van der Waals surface area contributed by atoms with Gasteiger partial charge in [-0.05, 0) is 60.4 Å². The number of fused-ring (bicyclic) bond motifs is 3. The molecule has 0 saturated heterocycles. The van der Waals surface area contributed by atoms with E-state index < -0.39 is 5.97 Å². The SMILES string of the molecule is O=C(O)CCCCN1C2=C([C@H](c3ccc(Br)cc3)n3ncnc31)[C@@H](c1ccc(Br)cc1)Oc1ccccc12. The van der Waals surface area contributed by atoms with Crippen molar-refractivity contribution in [3.05, 3.63) is 110 Å². The van der Waals surface area contributed by atoms with E-state index in [4.69, 9.17) is 9.84 Å². The van der Waals surface area contributed by atoms with Crippen LogP contribution < -0.4 is 9.64 Å². The third kappa shape index (κ3) is 4.54. The van der Waals surface area contributed by atoms with Crippen molar-refractivity contribution in [3.63, 3.8) is 0 Å². The lowest BCUT2D eigenvalue weighted by Crippen LogP contribution is -2.39. The first-order chi connectivity index (χ1) is 18.5. The first kappa shape index (κ1) is 24.9. The van der Waals surface area contributed by atoms with Gasteiger partial charge in [0, 0.05) is 33.0 Å². The number of carboxylic acid groups (broad SMARTS) is 1. The van der Waals surface area contributed by atoms with Crippen LogP contribution in [0.2, 0.25) is 0 Å². The van der Waals surface area contributed by atoms with Gasteiger partial charge in [0.1, 0.15) is 24.2 Å². The Morgan fingerprint density at radius 3 is 2.32 bits per heavy atom. The number of carboxylic acids is 1. The molecule has 38 heavy (non-hydrogen) atoms. The number of carbonyl (C=O) groups is 1. The average molecular weight is 636 g/mol.